The molecule has 0 bridgehead atoms. The van der Waals surface area contributed by atoms with Crippen molar-refractivity contribution in [3.8, 4) is 0 Å². The lowest BCUT2D eigenvalue weighted by atomic mass is 9.96. The molecule has 27 heavy (non-hydrogen) atoms. The van der Waals surface area contributed by atoms with Gasteiger partial charge >= 0.3 is 6.03 Å². The van der Waals surface area contributed by atoms with Gasteiger partial charge in [0.05, 0.1) is 25.0 Å². The Morgan fingerprint density at radius 3 is 2.59 bits per heavy atom. The normalized spacial score (nSPS) is 14.8. The van der Waals surface area contributed by atoms with Gasteiger partial charge in [-0.25, -0.2) is 4.79 Å². The lowest BCUT2D eigenvalue weighted by Gasteiger charge is -2.31. The summed E-state index contributed by atoms with van der Waals surface area (Å²) in [6.45, 7) is 2.30. The van der Waals surface area contributed by atoms with Crippen molar-refractivity contribution in [3.05, 3.63) is 42.7 Å². The Morgan fingerprint density at radius 1 is 1.15 bits per heavy atom. The molecule has 0 radical (unpaired) electrons. The van der Waals surface area contributed by atoms with Crippen molar-refractivity contribution < 1.29 is 14.3 Å². The zero-order chi connectivity index (χ0) is 19.1. The van der Waals surface area contributed by atoms with E-state index < -0.39 is 0 Å². The van der Waals surface area contributed by atoms with Gasteiger partial charge in [0.2, 0.25) is 5.91 Å². The first-order valence-corrected chi connectivity index (χ1v) is 9.09. The molecule has 0 spiro atoms. The number of benzene rings is 1. The topological polar surface area (TPSA) is 88.5 Å². The van der Waals surface area contributed by atoms with E-state index in [1.807, 2.05) is 30.3 Å². The van der Waals surface area contributed by atoms with Crippen LogP contribution in [0.15, 0.2) is 42.7 Å². The van der Waals surface area contributed by atoms with E-state index in [1.165, 1.54) is 0 Å². The van der Waals surface area contributed by atoms with Crippen molar-refractivity contribution in [2.75, 3.05) is 37.4 Å². The predicted molar refractivity (Wildman–Crippen MR) is 102 cm³/mol. The maximum absolute atomic E-state index is 12.4. The smallest absolute Gasteiger partial charge is 0.321 e. The third-order valence-corrected chi connectivity index (χ3v) is 4.60. The molecule has 144 valence electrons. The van der Waals surface area contributed by atoms with Crippen molar-refractivity contribution >= 4 is 23.3 Å². The largest absolute Gasteiger partial charge is 0.383 e. The average molecular weight is 371 g/mol. The molecule has 0 saturated carbocycles. The van der Waals surface area contributed by atoms with Gasteiger partial charge in [0.1, 0.15) is 0 Å². The van der Waals surface area contributed by atoms with Crippen LogP contribution in [-0.2, 0) is 16.1 Å². The number of urea groups is 1. The second-order valence-corrected chi connectivity index (χ2v) is 6.53. The Morgan fingerprint density at radius 2 is 1.89 bits per heavy atom. The van der Waals surface area contributed by atoms with Gasteiger partial charge in [0, 0.05) is 38.0 Å². The van der Waals surface area contributed by atoms with Crippen LogP contribution in [0.3, 0.4) is 0 Å². The van der Waals surface area contributed by atoms with Crippen molar-refractivity contribution in [2.24, 2.45) is 5.92 Å². The van der Waals surface area contributed by atoms with Crippen LogP contribution in [0.4, 0.5) is 16.2 Å². The number of nitrogens with one attached hydrogen (secondary N) is 2. The summed E-state index contributed by atoms with van der Waals surface area (Å²) in [5.74, 6) is -0.0632. The standard InChI is InChI=1S/C19H25N5O3/c1-27-12-11-24-14-17(13-20-24)22-19(26)23-9-7-15(8-10-23)18(25)21-16-5-3-2-4-6-16/h2-6,13-15H,7-12H2,1H3,(H,21,25)(H,22,26). The summed E-state index contributed by atoms with van der Waals surface area (Å²) in [7, 11) is 1.63. The van der Waals surface area contributed by atoms with Gasteiger partial charge < -0.3 is 20.3 Å². The van der Waals surface area contributed by atoms with E-state index in [1.54, 1.807) is 29.1 Å². The van der Waals surface area contributed by atoms with E-state index in [4.69, 9.17) is 4.74 Å². The second kappa shape index (κ2) is 9.18. The summed E-state index contributed by atoms with van der Waals surface area (Å²) >= 11 is 0. The van der Waals surface area contributed by atoms with Crippen molar-refractivity contribution in [3.63, 3.8) is 0 Å². The number of carbonyl (C=O) groups excluding carboxylic acids is 2. The van der Waals surface area contributed by atoms with Crippen molar-refractivity contribution in [2.45, 2.75) is 19.4 Å². The fourth-order valence-corrected chi connectivity index (χ4v) is 3.05. The van der Waals surface area contributed by atoms with E-state index in [-0.39, 0.29) is 17.9 Å². The number of rotatable bonds is 6. The highest BCUT2D eigenvalue weighted by atomic mass is 16.5. The van der Waals surface area contributed by atoms with Gasteiger partial charge in [-0.3, -0.25) is 9.48 Å². The lowest BCUT2D eigenvalue weighted by molar-refractivity contribution is -0.121. The fraction of sp³-hybridized carbons (Fsp3) is 0.421. The van der Waals surface area contributed by atoms with E-state index >= 15 is 0 Å². The number of ether oxygens (including phenoxy) is 1. The molecule has 1 aromatic carbocycles. The summed E-state index contributed by atoms with van der Waals surface area (Å²) < 4.78 is 6.73. The van der Waals surface area contributed by atoms with Gasteiger partial charge in [-0.15, -0.1) is 0 Å². The van der Waals surface area contributed by atoms with Crippen LogP contribution < -0.4 is 10.6 Å². The molecule has 1 aliphatic heterocycles. The molecular weight excluding hydrogens is 346 g/mol. The maximum Gasteiger partial charge on any atom is 0.321 e. The van der Waals surface area contributed by atoms with Crippen molar-refractivity contribution in [1.29, 1.82) is 0 Å². The highest BCUT2D eigenvalue weighted by molar-refractivity contribution is 5.93. The molecule has 0 atom stereocenters. The van der Waals surface area contributed by atoms with Crippen LogP contribution in [0, 0.1) is 5.92 Å². The highest BCUT2D eigenvalue weighted by Gasteiger charge is 2.27. The summed E-state index contributed by atoms with van der Waals surface area (Å²) in [6, 6.07) is 9.26. The molecule has 8 nitrogen and oxygen atoms in total. The molecule has 1 aliphatic rings. The predicted octanol–water partition coefficient (Wildman–Crippen LogP) is 2.41. The SMILES string of the molecule is COCCn1cc(NC(=O)N2CCC(C(=O)Nc3ccccc3)CC2)cn1. The average Bonchev–Trinajstić information content (AvgIpc) is 3.14. The van der Waals surface area contributed by atoms with Crippen LogP contribution in [0.1, 0.15) is 12.8 Å². The van der Waals surface area contributed by atoms with Crippen LogP contribution in [0.25, 0.3) is 0 Å². The van der Waals surface area contributed by atoms with Gasteiger partial charge in [-0.1, -0.05) is 18.2 Å². The van der Waals surface area contributed by atoms with E-state index in [0.717, 1.165) is 5.69 Å². The van der Waals surface area contributed by atoms with Crippen molar-refractivity contribution in [1.82, 2.24) is 14.7 Å². The van der Waals surface area contributed by atoms with Gasteiger partial charge in [0.25, 0.3) is 0 Å². The van der Waals surface area contributed by atoms with E-state index in [9.17, 15) is 9.59 Å². The maximum atomic E-state index is 12.4. The Balaban J connectivity index is 1.45. The minimum absolute atomic E-state index is 0.0145. The van der Waals surface area contributed by atoms with Crippen LogP contribution in [0.2, 0.25) is 0 Å². The molecule has 0 aliphatic carbocycles. The van der Waals surface area contributed by atoms with Crippen LogP contribution in [0.5, 0.6) is 0 Å². The molecule has 8 heteroatoms. The lowest BCUT2D eigenvalue weighted by Crippen LogP contribution is -2.43. The van der Waals surface area contributed by atoms with Crippen LogP contribution in [-0.4, -0.2) is 53.4 Å². The number of aromatic nitrogens is 2. The number of nitrogens with zero attached hydrogens (tertiary/aromatic N) is 3. The zero-order valence-corrected chi connectivity index (χ0v) is 15.4. The summed E-state index contributed by atoms with van der Waals surface area (Å²) in [4.78, 5) is 26.5. The second-order valence-electron chi connectivity index (χ2n) is 6.53. The zero-order valence-electron chi connectivity index (χ0n) is 15.4. The molecular formula is C19H25N5O3. The van der Waals surface area contributed by atoms with E-state index in [2.05, 4.69) is 15.7 Å². The monoisotopic (exact) mass is 371 g/mol. The van der Waals surface area contributed by atoms with Crippen LogP contribution >= 0.6 is 0 Å². The van der Waals surface area contributed by atoms with Gasteiger partial charge in [0.15, 0.2) is 0 Å². The quantitative estimate of drug-likeness (QED) is 0.816. The molecule has 0 unspecified atom stereocenters. The first kappa shape index (κ1) is 18.9. The molecule has 1 saturated heterocycles. The Kier molecular flexibility index (Phi) is 6.43. The van der Waals surface area contributed by atoms with Gasteiger partial charge in [-0.2, -0.15) is 5.10 Å². The van der Waals surface area contributed by atoms with E-state index in [0.29, 0.717) is 44.8 Å². The molecule has 2 aromatic rings. The molecule has 2 N–H and O–H groups in total. The molecule has 3 amide bonds. The number of para-hydroxylation sites is 1. The number of hydrogen-bond donors (Lipinski definition) is 2. The Labute approximate surface area is 158 Å². The summed E-state index contributed by atoms with van der Waals surface area (Å²) in [6.07, 6.45) is 4.70. The third-order valence-electron chi connectivity index (χ3n) is 4.60. The number of anilines is 2. The number of hydrogen-bond acceptors (Lipinski definition) is 4. The molecule has 3 rings (SSSR count). The first-order chi connectivity index (χ1) is 13.2. The minimum atomic E-state index is -0.164. The molecule has 2 heterocycles. The minimum Gasteiger partial charge on any atom is -0.383 e. The fourth-order valence-electron chi connectivity index (χ4n) is 3.05. The highest BCUT2D eigenvalue weighted by Crippen LogP contribution is 2.20. The first-order valence-electron chi connectivity index (χ1n) is 9.09. The number of carbonyl (C=O) groups is 2. The number of amides is 3. The van der Waals surface area contributed by atoms with Gasteiger partial charge in [-0.05, 0) is 25.0 Å². The Bertz CT molecular complexity index is 754. The molecule has 1 aromatic heterocycles. The summed E-state index contributed by atoms with van der Waals surface area (Å²) in [5.41, 5.74) is 1.45. The molecule has 1 fully saturated rings. The number of likely N-dealkylation sites (tertiary alicyclic amines) is 1. The third kappa shape index (κ3) is 5.30. The Hall–Kier alpha value is -2.87. The number of methoxy groups -OCH3 is 1. The number of piperidine rings is 1. The summed E-state index contributed by atoms with van der Waals surface area (Å²) in [5, 5.41) is 9.97.